The molecule has 31 heteroatoms. The summed E-state index contributed by atoms with van der Waals surface area (Å²) in [6.45, 7) is 8.46. The van der Waals surface area contributed by atoms with E-state index in [-0.39, 0.29) is 199 Å². The molecule has 0 spiro atoms. The van der Waals surface area contributed by atoms with Crippen molar-refractivity contribution >= 4 is 70.6 Å². The Morgan fingerprint density at radius 3 is 1.77 bits per heavy atom. The summed E-state index contributed by atoms with van der Waals surface area (Å²) in [5.41, 5.74) is 3.53. The number of esters is 1. The van der Waals surface area contributed by atoms with E-state index in [9.17, 15) is 47.9 Å². The van der Waals surface area contributed by atoms with Gasteiger partial charge >= 0.3 is 17.6 Å². The fraction of sp³-hybridized carbons (Fsp3) is 0.573. The van der Waals surface area contributed by atoms with Crippen LogP contribution in [0.1, 0.15) is 133 Å². The van der Waals surface area contributed by atoms with Crippen molar-refractivity contribution in [1.82, 2.24) is 65.2 Å². The van der Waals surface area contributed by atoms with E-state index in [2.05, 4.69) is 78.2 Å². The first-order valence-electron chi connectivity index (χ1n) is 39.7. The summed E-state index contributed by atoms with van der Waals surface area (Å²) in [6, 6.07) is 20.1. The Morgan fingerprint density at radius 2 is 1.21 bits per heavy atom. The van der Waals surface area contributed by atoms with Crippen LogP contribution in [-0.4, -0.2) is 242 Å². The molecule has 2 saturated carbocycles. The molecule has 8 aliphatic rings. The van der Waals surface area contributed by atoms with Crippen LogP contribution in [-0.2, 0) is 67.6 Å². The Kier molecular flexibility index (Phi) is 29.1. The van der Waals surface area contributed by atoms with Crippen LogP contribution in [0, 0.1) is 59.7 Å². The number of hydrogen-bond donors (Lipinski definition) is 5. The Hall–Kier alpha value is -10.5. The van der Waals surface area contributed by atoms with Crippen LogP contribution in [0.15, 0.2) is 91.2 Å². The highest BCUT2D eigenvalue weighted by Gasteiger charge is 2.60. The third kappa shape index (κ3) is 20.3. The number of aromatic amines is 1. The Morgan fingerprint density at radius 1 is 0.655 bits per heavy atom. The minimum atomic E-state index is -0.462. The first-order valence-corrected chi connectivity index (χ1v) is 39.7. The van der Waals surface area contributed by atoms with E-state index in [4.69, 9.17) is 35.9 Å². The minimum Gasteiger partial charge on any atom is -0.492 e. The maximum Gasteiger partial charge on any atom is 0.542 e. The number of piperazine rings is 1. The van der Waals surface area contributed by atoms with Gasteiger partial charge in [-0.1, -0.05) is 72.9 Å². The zero-order valence-electron chi connectivity index (χ0n) is 64.4. The number of amides is 9. The predicted octanol–water partition coefficient (Wildman–Crippen LogP) is 3.15. The summed E-state index contributed by atoms with van der Waals surface area (Å²) < 4.78 is 22.7. The first kappa shape index (κ1) is 83.5. The van der Waals surface area contributed by atoms with Crippen molar-refractivity contribution in [3.8, 4) is 29.9 Å². The molecule has 0 unspecified atom stereocenters. The summed E-state index contributed by atoms with van der Waals surface area (Å²) in [6.07, 6.45) is 23.6. The van der Waals surface area contributed by atoms with Crippen LogP contribution in [0.25, 0.3) is 5.65 Å². The number of allylic oxidation sites excluding steroid dienone is 4. The third-order valence-corrected chi connectivity index (χ3v) is 23.2. The van der Waals surface area contributed by atoms with Gasteiger partial charge in [0.1, 0.15) is 23.8 Å². The molecule has 9 atom stereocenters. The van der Waals surface area contributed by atoms with Crippen LogP contribution in [0.2, 0.25) is 0 Å². The largest absolute Gasteiger partial charge is 0.542 e. The summed E-state index contributed by atoms with van der Waals surface area (Å²) >= 11 is 0. The van der Waals surface area contributed by atoms with E-state index >= 15 is 0 Å². The number of methoxy groups -OCH3 is 1. The van der Waals surface area contributed by atoms with Gasteiger partial charge in [0, 0.05) is 121 Å². The number of imide groups is 2. The van der Waals surface area contributed by atoms with E-state index in [0.29, 0.717) is 94.7 Å². The number of hydrogen-bond acceptors (Lipinski definition) is 20. The number of benzene rings is 2. The number of aromatic nitrogens is 7. The lowest BCUT2D eigenvalue weighted by molar-refractivity contribution is -0.748. The van der Waals surface area contributed by atoms with Crippen molar-refractivity contribution in [2.24, 2.45) is 47.3 Å². The molecule has 4 bridgehead atoms. The van der Waals surface area contributed by atoms with E-state index in [0.717, 1.165) is 81.1 Å². The molecule has 31 nitrogen and oxygen atoms in total. The van der Waals surface area contributed by atoms with Gasteiger partial charge < -0.3 is 54.7 Å². The molecule has 9 amide bonds. The lowest BCUT2D eigenvalue weighted by Crippen LogP contribution is -2.55. The number of nitrogens with one attached hydrogen (secondary N) is 3. The monoisotopic (exact) mass is 1560 g/mol. The van der Waals surface area contributed by atoms with E-state index in [1.807, 2.05) is 55.1 Å². The molecule has 4 aliphatic carbocycles. The second-order valence-corrected chi connectivity index (χ2v) is 30.4. The van der Waals surface area contributed by atoms with Gasteiger partial charge in [-0.2, -0.15) is 0 Å². The molecule has 2 aromatic carbocycles. The number of ether oxygens (including phenoxy) is 3. The second-order valence-electron chi connectivity index (χ2n) is 30.4. The number of rotatable bonds is 38. The number of likely N-dealkylation sites (tertiary alicyclic amines) is 2. The topological polar surface area (TPSA) is 353 Å². The second kappa shape index (κ2) is 39.3. The number of aryl methyl sites for hydroxylation is 1. The van der Waals surface area contributed by atoms with Crippen molar-refractivity contribution in [3.63, 3.8) is 0 Å². The van der Waals surface area contributed by atoms with Crippen molar-refractivity contribution < 1.29 is 81.6 Å². The zero-order valence-corrected chi connectivity index (χ0v) is 64.4. The number of piperidine rings is 1. The van der Waals surface area contributed by atoms with Crippen LogP contribution in [0.3, 0.4) is 0 Å². The first-order chi connectivity index (χ1) is 54.3. The quantitative estimate of drug-likeness (QED) is 0.00720. The van der Waals surface area contributed by atoms with Gasteiger partial charge in [-0.05, 0) is 135 Å². The Bertz CT molecular complexity index is 4240. The minimum absolute atomic E-state index is 0. The average molecular weight is 1560 g/mol. The number of likely N-dealkylation sites (N-methyl/N-ethyl adjacent to an activating group) is 1. The number of aliphatic hydroxyl groups excluding tert-OH is 2. The van der Waals surface area contributed by atoms with Crippen molar-refractivity contribution in [2.75, 3.05) is 117 Å². The molecule has 7 heterocycles. The van der Waals surface area contributed by atoms with Gasteiger partial charge in [0.15, 0.2) is 5.82 Å². The zero-order chi connectivity index (χ0) is 79.0. The maximum absolute atomic E-state index is 13.5. The number of nitrogens with zero attached hydrogens (tertiary/aromatic N) is 13. The van der Waals surface area contributed by atoms with Crippen molar-refractivity contribution in [3.05, 3.63) is 108 Å². The van der Waals surface area contributed by atoms with Gasteiger partial charge in [0.2, 0.25) is 59.7 Å². The predicted molar refractivity (Wildman–Crippen MR) is 412 cm³/mol. The summed E-state index contributed by atoms with van der Waals surface area (Å²) in [4.78, 5) is 139. The molecule has 13 rings (SSSR count). The van der Waals surface area contributed by atoms with Gasteiger partial charge in [-0.3, -0.25) is 67.3 Å². The number of unbranched alkanes of at least 4 members (excludes halogenated alkanes) is 4. The highest BCUT2D eigenvalue weighted by atomic mass is 16.5. The van der Waals surface area contributed by atoms with E-state index in [1.165, 1.54) is 24.9 Å². The number of aliphatic hydroxyl groups is 2. The van der Waals surface area contributed by atoms with Crippen molar-refractivity contribution in [1.29, 1.82) is 0 Å². The number of terminal acetylenes is 1. The lowest BCUT2D eigenvalue weighted by Gasteiger charge is -2.37. The maximum atomic E-state index is 13.5. The standard InChI is InChI=1S/C58H73N13O10.C23H31N3O5.CH4/c1-39-55(76)64(2)30-31-65(39)32-34-80-46-16-12-41(13-17-46)42-20-26-66(27-21-42)48-18-19-50-70(62-58(79-3)71(50)61-48)36-40-8-14-47(15-9-40)81-52(75)23-29-68-38-45(60-63-68)37-67(28-22-49(73)59-24-33-72)51(74)7-5-4-6-25-69-56(77)53-43-10-11-44(35-43)54(53)57(69)78;1-2-11-25(13-9-18(28)24-10-14-27)19(29)6-4-3-5-12-26-22(30)20-16-7-8-17(15-16)21(20)23(26)31;/h8-19,38-39,42-44,53-54,72H,4-7,20-37H2,1-3H3;1,7-8,16-17,20-21,27H,3-6,9-15H2,(H,24,28);1H4/p+2/t39-,43-,44+,53+,54-;16-,17+,20+,21-;/m1../s1. The number of H-pyrrole nitrogens is 1. The summed E-state index contributed by atoms with van der Waals surface area (Å²) in [5, 5.41) is 39.7. The average Bonchev–Trinajstić information content (AvgIpc) is 1.58. The van der Waals surface area contributed by atoms with E-state index < -0.39 is 5.97 Å². The number of carbonyl (C=O) groups excluding carboxylic acids is 10. The highest BCUT2D eigenvalue weighted by molar-refractivity contribution is 6.07. The fourth-order valence-electron chi connectivity index (χ4n) is 17.1. The molecule has 6 fully saturated rings. The van der Waals surface area contributed by atoms with Gasteiger partial charge in [0.25, 0.3) is 0 Å². The van der Waals surface area contributed by atoms with Crippen LogP contribution >= 0.6 is 0 Å². The van der Waals surface area contributed by atoms with Gasteiger partial charge in [-0.15, -0.1) is 11.5 Å². The molecule has 113 heavy (non-hydrogen) atoms. The number of fused-ring (bicyclic) bond motifs is 11. The smallest absolute Gasteiger partial charge is 0.492 e. The summed E-state index contributed by atoms with van der Waals surface area (Å²) in [5.74, 6) is 3.66. The van der Waals surface area contributed by atoms with Crippen LogP contribution in [0.4, 0.5) is 5.82 Å². The molecule has 3 aromatic heterocycles. The van der Waals surface area contributed by atoms with E-state index in [1.54, 1.807) is 39.8 Å². The highest BCUT2D eigenvalue weighted by Crippen LogP contribution is 2.54. The number of anilines is 1. The van der Waals surface area contributed by atoms with Crippen LogP contribution < -0.4 is 38.9 Å². The lowest BCUT2D eigenvalue weighted by atomic mass is 9.85. The molecule has 4 saturated heterocycles. The third-order valence-electron chi connectivity index (χ3n) is 23.2. The normalized spacial score (nSPS) is 22.0. The van der Waals surface area contributed by atoms with Gasteiger partial charge in [0.05, 0.1) is 92.9 Å². The Balaban J connectivity index is 0.000000330. The molecule has 606 valence electrons. The summed E-state index contributed by atoms with van der Waals surface area (Å²) in [7, 11) is 3.46. The molecular weight excluding hydrogens is 1450 g/mol. The number of carbonyl (C=O) groups is 10. The molecule has 4 aliphatic heterocycles. The van der Waals surface area contributed by atoms with Crippen molar-refractivity contribution in [2.45, 2.75) is 142 Å². The molecule has 0 radical (unpaired) electrons. The van der Waals surface area contributed by atoms with Gasteiger partial charge in [-0.25, -0.2) is 0 Å². The Labute approximate surface area is 659 Å². The molecular formula is C82H110N16O15+2. The van der Waals surface area contributed by atoms with Crippen LogP contribution in [0.5, 0.6) is 17.5 Å². The SMILES string of the molecule is C.C#CCN(CCC(=O)NCCO)C(=O)CCCCCN1C(=O)[C@@H]2[C@H](C1=O)[C@H]1C=C[C@@H]2C1.COc1[nH][n+](Cc2ccc(OC(=O)CCn3cc(CN(CCC(=O)NCCO)C(=O)CCCCCN4C(=O)[C@@H]5[C@H](C4=O)[C@H]4C=C[C@@H]5C4)nn3)cc2)c2ccc(N3CCC(c4ccc(OCCN5CCN(C)C(=O)[C@H]5C)cc4)CC3)n[n+]12. The molecule has 5 N–H and O–H groups in total. The molecule has 5 aromatic rings. The fourth-order valence-corrected chi connectivity index (χ4v) is 17.1.